The van der Waals surface area contributed by atoms with E-state index >= 15 is 0 Å². The lowest BCUT2D eigenvalue weighted by atomic mass is 9.57. The summed E-state index contributed by atoms with van der Waals surface area (Å²) < 4.78 is 44.9. The number of hydrogen-bond acceptors (Lipinski definition) is 4. The van der Waals surface area contributed by atoms with Crippen LogP contribution in [0.4, 0.5) is 13.2 Å². The molecule has 6 atom stereocenters. The fourth-order valence-electron chi connectivity index (χ4n) is 6.96. The zero-order valence-corrected chi connectivity index (χ0v) is 21.9. The number of rotatable bonds is 5. The number of aliphatic hydroxyl groups is 1. The number of carbonyl (C=O) groups is 1. The minimum atomic E-state index is -4.31. The van der Waals surface area contributed by atoms with Crippen LogP contribution in [-0.2, 0) is 15.7 Å². The molecule has 0 radical (unpaired) electrons. The van der Waals surface area contributed by atoms with Gasteiger partial charge in [0.05, 0.1) is 11.2 Å². The summed E-state index contributed by atoms with van der Waals surface area (Å²) in [6, 6.07) is 5.79. The highest BCUT2D eigenvalue weighted by Gasteiger charge is 2.52. The molecule has 1 aromatic carbocycles. The summed E-state index contributed by atoms with van der Waals surface area (Å²) in [5, 5.41) is 11.8. The van der Waals surface area contributed by atoms with E-state index in [1.807, 2.05) is 13.0 Å². The van der Waals surface area contributed by atoms with Gasteiger partial charge in [-0.15, -0.1) is 0 Å². The first-order valence-electron chi connectivity index (χ1n) is 13.4. The molecule has 0 amide bonds. The van der Waals surface area contributed by atoms with E-state index in [0.717, 1.165) is 62.5 Å². The lowest BCUT2D eigenvalue weighted by Crippen LogP contribution is -2.56. The second-order valence-corrected chi connectivity index (χ2v) is 11.5. The Hall–Kier alpha value is -1.86. The highest BCUT2D eigenvalue weighted by Crippen LogP contribution is 2.51. The molecule has 1 saturated carbocycles. The zero-order chi connectivity index (χ0) is 26.3. The Labute approximate surface area is 212 Å². The first-order chi connectivity index (χ1) is 16.9. The van der Waals surface area contributed by atoms with Crippen molar-refractivity contribution in [1.82, 2.24) is 4.90 Å². The summed E-state index contributed by atoms with van der Waals surface area (Å²) >= 11 is 0. The molecular formula is C29H40F3NO3. The molecule has 36 heavy (non-hydrogen) atoms. The summed E-state index contributed by atoms with van der Waals surface area (Å²) in [4.78, 5) is 14.0. The van der Waals surface area contributed by atoms with Gasteiger partial charge in [-0.05, 0) is 86.6 Å². The molecule has 1 aliphatic heterocycles. The number of esters is 1. The van der Waals surface area contributed by atoms with Crippen LogP contribution in [0.1, 0.15) is 76.8 Å². The molecule has 1 unspecified atom stereocenters. The van der Waals surface area contributed by atoms with Crippen LogP contribution in [0, 0.1) is 23.7 Å². The van der Waals surface area contributed by atoms with Crippen molar-refractivity contribution in [3.05, 3.63) is 47.0 Å². The number of nitrogens with zero attached hydrogens (tertiary/aromatic N) is 1. The van der Waals surface area contributed by atoms with Crippen molar-refractivity contribution in [2.75, 3.05) is 19.6 Å². The van der Waals surface area contributed by atoms with Crippen molar-refractivity contribution in [3.63, 3.8) is 0 Å². The standard InChI is InChI=1S/C29H40F3NO3/c1-18-14-26-25(9-8-20(3)28(26,35)16-27(18)36-21(4)34)19(2)17-33-12-10-22(11-13-33)23-6-5-7-24(15-23)29(30,31)32/h5-7,14-15,19-20,22,25-27,35H,8-13,16-17H2,1-4H3/t19?,20-,25+,26-,27-,28-/m1/s1. The number of benzene rings is 1. The second kappa shape index (κ2) is 10.5. The monoisotopic (exact) mass is 507 g/mol. The number of likely N-dealkylation sites (tertiary alicyclic amines) is 1. The fraction of sp³-hybridized carbons (Fsp3) is 0.690. The Balaban J connectivity index is 1.39. The quantitative estimate of drug-likeness (QED) is 0.381. The van der Waals surface area contributed by atoms with Gasteiger partial charge in [-0.2, -0.15) is 13.2 Å². The Bertz CT molecular complexity index is 969. The predicted molar refractivity (Wildman–Crippen MR) is 133 cm³/mol. The average molecular weight is 508 g/mol. The molecule has 0 spiro atoms. The van der Waals surface area contributed by atoms with E-state index in [2.05, 4.69) is 24.8 Å². The minimum absolute atomic E-state index is 0.0331. The van der Waals surface area contributed by atoms with Gasteiger partial charge in [-0.3, -0.25) is 4.79 Å². The molecule has 200 valence electrons. The molecular weight excluding hydrogens is 467 g/mol. The van der Waals surface area contributed by atoms with Crippen LogP contribution < -0.4 is 0 Å². The minimum Gasteiger partial charge on any atom is -0.458 e. The fourth-order valence-corrected chi connectivity index (χ4v) is 6.96. The summed E-state index contributed by atoms with van der Waals surface area (Å²) in [5.74, 6) is 0.703. The van der Waals surface area contributed by atoms with Crippen molar-refractivity contribution in [2.45, 2.75) is 83.6 Å². The molecule has 1 N–H and O–H groups in total. The number of hydrogen-bond donors (Lipinski definition) is 1. The van der Waals surface area contributed by atoms with Crippen molar-refractivity contribution in [3.8, 4) is 0 Å². The first-order valence-corrected chi connectivity index (χ1v) is 13.4. The Morgan fingerprint density at radius 2 is 1.92 bits per heavy atom. The highest BCUT2D eigenvalue weighted by molar-refractivity contribution is 5.66. The molecule has 7 heteroatoms. The normalized spacial score (nSPS) is 32.9. The highest BCUT2D eigenvalue weighted by atomic mass is 19.4. The summed E-state index contributed by atoms with van der Waals surface area (Å²) in [6.07, 6.45) is 1.64. The summed E-state index contributed by atoms with van der Waals surface area (Å²) in [7, 11) is 0. The number of carbonyl (C=O) groups excluding carboxylic acids is 1. The van der Waals surface area contributed by atoms with E-state index in [1.165, 1.54) is 19.1 Å². The third-order valence-electron chi connectivity index (χ3n) is 9.15. The van der Waals surface area contributed by atoms with Crippen molar-refractivity contribution >= 4 is 5.97 Å². The van der Waals surface area contributed by atoms with E-state index in [-0.39, 0.29) is 29.8 Å². The Morgan fingerprint density at radius 3 is 2.56 bits per heavy atom. The number of halogens is 3. The van der Waals surface area contributed by atoms with Gasteiger partial charge in [-0.25, -0.2) is 0 Å². The predicted octanol–water partition coefficient (Wildman–Crippen LogP) is 6.20. The van der Waals surface area contributed by atoms with Crippen LogP contribution in [0.2, 0.25) is 0 Å². The van der Waals surface area contributed by atoms with Crippen LogP contribution in [0.25, 0.3) is 0 Å². The lowest BCUT2D eigenvalue weighted by Gasteiger charge is -2.53. The number of piperidine rings is 1. The molecule has 4 nitrogen and oxygen atoms in total. The summed E-state index contributed by atoms with van der Waals surface area (Å²) in [6.45, 7) is 10.4. The van der Waals surface area contributed by atoms with Crippen molar-refractivity contribution < 1.29 is 27.8 Å². The van der Waals surface area contributed by atoms with Gasteiger partial charge in [0.1, 0.15) is 6.10 Å². The SMILES string of the molecule is CC(=O)O[C@@H]1C[C@@]2(O)[C@H](C)CC[C@@H](C(C)CN3CCC(c4cccc(C(F)(F)F)c4)CC3)[C@H]2C=C1C. The van der Waals surface area contributed by atoms with E-state index in [0.29, 0.717) is 18.3 Å². The maximum absolute atomic E-state index is 13.1. The van der Waals surface area contributed by atoms with Crippen LogP contribution >= 0.6 is 0 Å². The second-order valence-electron chi connectivity index (χ2n) is 11.5. The molecule has 4 rings (SSSR count). The zero-order valence-electron chi connectivity index (χ0n) is 21.9. The van der Waals surface area contributed by atoms with Crippen LogP contribution in [0.3, 0.4) is 0 Å². The summed E-state index contributed by atoms with van der Waals surface area (Å²) in [5.41, 5.74) is 0.358. The number of fused-ring (bicyclic) bond motifs is 1. The van der Waals surface area contributed by atoms with Crippen LogP contribution in [0.5, 0.6) is 0 Å². The van der Waals surface area contributed by atoms with Gasteiger partial charge in [0.25, 0.3) is 0 Å². The van der Waals surface area contributed by atoms with Crippen molar-refractivity contribution in [2.24, 2.45) is 23.7 Å². The third-order valence-corrected chi connectivity index (χ3v) is 9.15. The van der Waals surface area contributed by atoms with E-state index in [1.54, 1.807) is 0 Å². The number of alkyl halides is 3. The average Bonchev–Trinajstić information content (AvgIpc) is 2.81. The Morgan fingerprint density at radius 1 is 1.22 bits per heavy atom. The molecule has 0 bridgehead atoms. The van der Waals surface area contributed by atoms with Gasteiger partial charge < -0.3 is 14.7 Å². The topological polar surface area (TPSA) is 49.8 Å². The maximum Gasteiger partial charge on any atom is 0.416 e. The molecule has 1 heterocycles. The van der Waals surface area contributed by atoms with Crippen molar-refractivity contribution in [1.29, 1.82) is 0 Å². The lowest BCUT2D eigenvalue weighted by molar-refractivity contribution is -0.159. The third kappa shape index (κ3) is 5.67. The molecule has 2 aliphatic carbocycles. The molecule has 1 saturated heterocycles. The van der Waals surface area contributed by atoms with Gasteiger partial charge in [0, 0.05) is 25.8 Å². The maximum atomic E-state index is 13.1. The Kier molecular flexibility index (Phi) is 7.92. The molecule has 3 aliphatic rings. The van der Waals surface area contributed by atoms with Gasteiger partial charge in [0.15, 0.2) is 0 Å². The van der Waals surface area contributed by atoms with Crippen LogP contribution in [-0.4, -0.2) is 47.3 Å². The van der Waals surface area contributed by atoms with Gasteiger partial charge in [0.2, 0.25) is 0 Å². The first kappa shape index (κ1) is 27.2. The smallest absolute Gasteiger partial charge is 0.416 e. The van der Waals surface area contributed by atoms with Gasteiger partial charge in [-0.1, -0.05) is 38.1 Å². The molecule has 0 aromatic heterocycles. The largest absolute Gasteiger partial charge is 0.458 e. The van der Waals surface area contributed by atoms with Crippen LogP contribution in [0.15, 0.2) is 35.9 Å². The molecule has 2 fully saturated rings. The molecule has 1 aromatic rings. The number of ether oxygens (including phenoxy) is 1. The van der Waals surface area contributed by atoms with E-state index in [9.17, 15) is 23.1 Å². The van der Waals surface area contributed by atoms with E-state index in [4.69, 9.17) is 4.74 Å². The van der Waals surface area contributed by atoms with E-state index < -0.39 is 17.3 Å². The van der Waals surface area contributed by atoms with Gasteiger partial charge >= 0.3 is 12.1 Å².